The molecule has 0 spiro atoms. The maximum atomic E-state index is 13.9. The number of anilines is 1. The van der Waals surface area contributed by atoms with Crippen molar-refractivity contribution < 1.29 is 14.1 Å². The molecule has 1 aromatic carbocycles. The molecule has 0 atom stereocenters. The number of carbonyl (C=O) groups excluding carboxylic acids is 1. The van der Waals surface area contributed by atoms with Gasteiger partial charge in [-0.05, 0) is 85.6 Å². The zero-order chi connectivity index (χ0) is 25.7. The number of benzene rings is 1. The van der Waals surface area contributed by atoms with Gasteiger partial charge in [-0.1, -0.05) is 36.6 Å². The Kier molecular flexibility index (Phi) is 5.78. The van der Waals surface area contributed by atoms with Crippen LogP contribution in [0, 0.1) is 11.3 Å². The normalized spacial score (nSPS) is 26.3. The third-order valence-corrected chi connectivity index (χ3v) is 9.40. The Bertz CT molecular complexity index is 1320. The highest BCUT2D eigenvalue weighted by Gasteiger charge is 2.71. The lowest BCUT2D eigenvalue weighted by Gasteiger charge is -2.69. The van der Waals surface area contributed by atoms with Crippen LogP contribution in [-0.2, 0) is 10.2 Å². The first-order valence-corrected chi connectivity index (χ1v) is 14.3. The largest absolute Gasteiger partial charge is 0.481 e. The van der Waals surface area contributed by atoms with E-state index >= 15 is 0 Å². The highest BCUT2D eigenvalue weighted by Crippen LogP contribution is 2.73. The number of hydrogen-bond donors (Lipinski definition) is 0. The first kappa shape index (κ1) is 23.9. The number of hydrogen-bond acceptors (Lipinski definition) is 6. The van der Waals surface area contributed by atoms with Gasteiger partial charge in [-0.15, -0.1) is 0 Å². The van der Waals surface area contributed by atoms with Crippen LogP contribution in [0.2, 0.25) is 0 Å². The molecule has 3 aromatic rings. The molecule has 2 aromatic heterocycles. The van der Waals surface area contributed by atoms with E-state index in [2.05, 4.69) is 39.3 Å². The van der Waals surface area contributed by atoms with Gasteiger partial charge in [0.1, 0.15) is 0 Å². The molecule has 2 bridgehead atoms. The average Bonchev–Trinajstić information content (AvgIpc) is 3.65. The van der Waals surface area contributed by atoms with Gasteiger partial charge in [0.25, 0.3) is 0 Å². The topological polar surface area (TPSA) is 81.4 Å². The van der Waals surface area contributed by atoms with Crippen molar-refractivity contribution in [3.63, 3.8) is 0 Å². The molecule has 5 fully saturated rings. The van der Waals surface area contributed by atoms with E-state index < -0.39 is 0 Å². The maximum Gasteiger partial charge on any atom is 0.232 e. The Morgan fingerprint density at radius 2 is 1.84 bits per heavy atom. The van der Waals surface area contributed by atoms with Gasteiger partial charge >= 0.3 is 0 Å². The summed E-state index contributed by atoms with van der Waals surface area (Å²) in [7, 11) is 1.63. The van der Waals surface area contributed by atoms with Gasteiger partial charge in [0.15, 0.2) is 5.82 Å². The van der Waals surface area contributed by atoms with Crippen molar-refractivity contribution in [2.75, 3.05) is 18.6 Å². The van der Waals surface area contributed by atoms with Crippen LogP contribution in [0.1, 0.15) is 88.3 Å². The summed E-state index contributed by atoms with van der Waals surface area (Å²) in [6, 6.07) is 12.3. The monoisotopic (exact) mass is 512 g/mol. The highest BCUT2D eigenvalue weighted by molar-refractivity contribution is 5.94. The lowest BCUT2D eigenvalue weighted by atomic mass is 9.35. The first-order chi connectivity index (χ1) is 18.5. The molecule has 7 heteroatoms. The van der Waals surface area contributed by atoms with Gasteiger partial charge in [0, 0.05) is 36.8 Å². The Labute approximate surface area is 224 Å². The summed E-state index contributed by atoms with van der Waals surface area (Å²) in [5, 5.41) is 4.26. The number of ether oxygens (including phenoxy) is 1. The van der Waals surface area contributed by atoms with E-state index in [-0.39, 0.29) is 16.7 Å². The third kappa shape index (κ3) is 4.30. The van der Waals surface area contributed by atoms with E-state index in [1.165, 1.54) is 44.9 Å². The number of amides is 1. The molecular weight excluding hydrogens is 476 g/mol. The summed E-state index contributed by atoms with van der Waals surface area (Å²) in [5.74, 6) is 3.58. The summed E-state index contributed by atoms with van der Waals surface area (Å²) < 4.78 is 11.1. The van der Waals surface area contributed by atoms with E-state index in [1.807, 2.05) is 12.1 Å². The predicted molar refractivity (Wildman–Crippen MR) is 144 cm³/mol. The molecule has 0 aliphatic heterocycles. The third-order valence-electron chi connectivity index (χ3n) is 9.40. The molecule has 5 saturated carbocycles. The SMILES string of the molecule is COc1cc(-c2cccc(N(CC34CC(c5nc(C6CC6)no5)(C3)C4)C(=O)CC3CCCCC3)c2)ccn1. The number of carbonyl (C=O) groups is 1. The van der Waals surface area contributed by atoms with Crippen LogP contribution in [0.4, 0.5) is 5.69 Å². The minimum atomic E-state index is 0.0354. The molecule has 0 unspecified atom stereocenters. The van der Waals surface area contributed by atoms with Crippen LogP contribution >= 0.6 is 0 Å². The van der Waals surface area contributed by atoms with Gasteiger partial charge in [-0.3, -0.25) is 4.79 Å². The fourth-order valence-electron chi connectivity index (χ4n) is 7.31. The van der Waals surface area contributed by atoms with E-state index in [0.717, 1.165) is 54.3 Å². The molecule has 0 radical (unpaired) electrons. The number of pyridine rings is 1. The second-order valence-electron chi connectivity index (χ2n) is 12.4. The minimum absolute atomic E-state index is 0.0354. The number of nitrogens with zero attached hydrogens (tertiary/aromatic N) is 4. The van der Waals surface area contributed by atoms with E-state index in [0.29, 0.717) is 24.1 Å². The van der Waals surface area contributed by atoms with Gasteiger partial charge in [-0.2, -0.15) is 4.98 Å². The molecule has 5 aliphatic carbocycles. The van der Waals surface area contributed by atoms with Crippen molar-refractivity contribution in [2.45, 2.75) is 82.0 Å². The fourth-order valence-corrected chi connectivity index (χ4v) is 7.31. The minimum Gasteiger partial charge on any atom is -0.481 e. The molecular formula is C31H36N4O3. The number of rotatable bonds is 9. The van der Waals surface area contributed by atoms with Crippen molar-refractivity contribution in [1.29, 1.82) is 0 Å². The molecule has 5 aliphatic rings. The second-order valence-corrected chi connectivity index (χ2v) is 12.4. The average molecular weight is 513 g/mol. The van der Waals surface area contributed by atoms with Crippen LogP contribution in [0.25, 0.3) is 11.1 Å². The quantitative estimate of drug-likeness (QED) is 0.328. The van der Waals surface area contributed by atoms with Crippen molar-refractivity contribution in [2.24, 2.45) is 11.3 Å². The molecule has 198 valence electrons. The number of methoxy groups -OCH3 is 1. The first-order valence-electron chi connectivity index (χ1n) is 14.3. The zero-order valence-electron chi connectivity index (χ0n) is 22.2. The summed E-state index contributed by atoms with van der Waals surface area (Å²) in [4.78, 5) is 25.0. The Morgan fingerprint density at radius 1 is 1.05 bits per heavy atom. The van der Waals surface area contributed by atoms with Crippen molar-refractivity contribution in [1.82, 2.24) is 15.1 Å². The van der Waals surface area contributed by atoms with Crippen molar-refractivity contribution >= 4 is 11.6 Å². The van der Waals surface area contributed by atoms with Crippen LogP contribution < -0.4 is 9.64 Å². The van der Waals surface area contributed by atoms with Crippen LogP contribution in [0.5, 0.6) is 5.88 Å². The lowest BCUT2D eigenvalue weighted by Crippen LogP contribution is -2.68. The van der Waals surface area contributed by atoms with Gasteiger partial charge in [-0.25, -0.2) is 4.98 Å². The Hall–Kier alpha value is -3.22. The lowest BCUT2D eigenvalue weighted by molar-refractivity contribution is -0.152. The van der Waals surface area contributed by atoms with E-state index in [9.17, 15) is 4.79 Å². The van der Waals surface area contributed by atoms with Gasteiger partial charge < -0.3 is 14.2 Å². The molecule has 7 nitrogen and oxygen atoms in total. The van der Waals surface area contributed by atoms with E-state index in [4.69, 9.17) is 14.2 Å². The molecule has 2 heterocycles. The summed E-state index contributed by atoms with van der Waals surface area (Å²) in [5.41, 5.74) is 3.25. The number of aromatic nitrogens is 3. The molecule has 8 rings (SSSR count). The fraction of sp³-hybridized carbons (Fsp3) is 0.548. The van der Waals surface area contributed by atoms with Gasteiger partial charge in [0.2, 0.25) is 17.7 Å². The second kappa shape index (κ2) is 9.21. The molecule has 38 heavy (non-hydrogen) atoms. The van der Waals surface area contributed by atoms with Crippen molar-refractivity contribution in [3.05, 3.63) is 54.3 Å². The smallest absolute Gasteiger partial charge is 0.232 e. The van der Waals surface area contributed by atoms with Crippen LogP contribution in [0.15, 0.2) is 47.1 Å². The van der Waals surface area contributed by atoms with E-state index in [1.54, 1.807) is 13.3 Å². The zero-order valence-corrected chi connectivity index (χ0v) is 22.2. The molecule has 1 amide bonds. The van der Waals surface area contributed by atoms with Crippen molar-refractivity contribution in [3.8, 4) is 17.0 Å². The Morgan fingerprint density at radius 3 is 2.61 bits per heavy atom. The molecule has 0 N–H and O–H groups in total. The van der Waals surface area contributed by atoms with Gasteiger partial charge in [0.05, 0.1) is 12.5 Å². The molecule has 0 saturated heterocycles. The van der Waals surface area contributed by atoms with Crippen LogP contribution in [0.3, 0.4) is 0 Å². The van der Waals surface area contributed by atoms with Crippen LogP contribution in [-0.4, -0.2) is 34.7 Å². The summed E-state index contributed by atoms with van der Waals surface area (Å²) >= 11 is 0. The standard InChI is InChI=1S/C31H36N4O3/c1-37-26-16-24(12-13-32-26)23-8-5-9-25(15-23)35(27(36)14-21-6-3-2-4-7-21)20-30-17-31(18-30,19-30)29-33-28(34-38-29)22-10-11-22/h5,8-9,12-13,15-16,21-22H,2-4,6-7,10-11,14,17-20H2,1H3. The highest BCUT2D eigenvalue weighted by atomic mass is 16.5. The summed E-state index contributed by atoms with van der Waals surface area (Å²) in [6.07, 6.45) is 14.0. The summed E-state index contributed by atoms with van der Waals surface area (Å²) in [6.45, 7) is 0.757. The maximum absolute atomic E-state index is 13.9. The Balaban J connectivity index is 1.12. The predicted octanol–water partition coefficient (Wildman–Crippen LogP) is 6.44.